The smallest absolute Gasteiger partial charge is 0.251 e. The minimum absolute atomic E-state index is 0.118. The summed E-state index contributed by atoms with van der Waals surface area (Å²) in [5, 5.41) is 3.42. The molecule has 1 N–H and O–H groups in total. The molecule has 1 aliphatic heterocycles. The number of carbonyl (C=O) groups is 1. The fourth-order valence-electron chi connectivity index (χ4n) is 1.95. The Morgan fingerprint density at radius 1 is 1.53 bits per heavy atom. The lowest BCUT2D eigenvalue weighted by molar-refractivity contribution is -0.142. The molecule has 15 heavy (non-hydrogen) atoms. The summed E-state index contributed by atoms with van der Waals surface area (Å²) in [5.41, 5.74) is 0. The van der Waals surface area contributed by atoms with Crippen LogP contribution >= 0.6 is 0 Å². The maximum atomic E-state index is 11.8. The molecule has 1 rings (SSSR count). The average molecular weight is 214 g/mol. The predicted octanol–water partition coefficient (Wildman–Crippen LogP) is 0.622. The van der Waals surface area contributed by atoms with E-state index in [9.17, 15) is 4.79 Å². The van der Waals surface area contributed by atoms with Crippen LogP contribution in [-0.4, -0.2) is 49.7 Å². The van der Waals surface area contributed by atoms with Gasteiger partial charge in [-0.2, -0.15) is 0 Å². The third-order valence-electron chi connectivity index (χ3n) is 3.00. The number of amides is 1. The molecule has 4 nitrogen and oxygen atoms in total. The fraction of sp³-hybridized carbons (Fsp3) is 0.909. The first-order valence-electron chi connectivity index (χ1n) is 5.74. The Balaban J connectivity index is 2.33. The number of carbonyl (C=O) groups excluding carboxylic acids is 1. The van der Waals surface area contributed by atoms with Gasteiger partial charge in [0.2, 0.25) is 0 Å². The van der Waals surface area contributed by atoms with Crippen LogP contribution in [0.2, 0.25) is 0 Å². The lowest BCUT2D eigenvalue weighted by Crippen LogP contribution is -2.47. The summed E-state index contributed by atoms with van der Waals surface area (Å²) in [4.78, 5) is 13.7. The van der Waals surface area contributed by atoms with Crippen molar-refractivity contribution in [2.75, 3.05) is 26.7 Å². The summed E-state index contributed by atoms with van der Waals surface area (Å²) in [5.74, 6) is 0.118. The van der Waals surface area contributed by atoms with Crippen molar-refractivity contribution in [1.29, 1.82) is 0 Å². The maximum absolute atomic E-state index is 11.8. The van der Waals surface area contributed by atoms with Crippen LogP contribution in [0.3, 0.4) is 0 Å². The molecule has 1 fully saturated rings. The topological polar surface area (TPSA) is 41.6 Å². The van der Waals surface area contributed by atoms with Gasteiger partial charge in [0.1, 0.15) is 6.10 Å². The van der Waals surface area contributed by atoms with Crippen LogP contribution in [0.4, 0.5) is 0 Å². The quantitative estimate of drug-likeness (QED) is 0.746. The molecule has 0 aliphatic carbocycles. The van der Waals surface area contributed by atoms with E-state index >= 15 is 0 Å². The molecule has 88 valence electrons. The number of ether oxygens (including phenoxy) is 1. The van der Waals surface area contributed by atoms with Crippen LogP contribution in [0.5, 0.6) is 0 Å². The summed E-state index contributed by atoms with van der Waals surface area (Å²) >= 11 is 0. The second-order valence-corrected chi connectivity index (χ2v) is 4.04. The Morgan fingerprint density at radius 3 is 2.60 bits per heavy atom. The molecule has 0 aromatic rings. The van der Waals surface area contributed by atoms with Gasteiger partial charge in [-0.05, 0) is 26.3 Å². The van der Waals surface area contributed by atoms with Gasteiger partial charge in [0, 0.05) is 26.2 Å². The monoisotopic (exact) mass is 214 g/mol. The molecule has 1 atom stereocenters. The molecular weight excluding hydrogens is 192 g/mol. The van der Waals surface area contributed by atoms with Gasteiger partial charge in [0.15, 0.2) is 0 Å². The molecule has 0 aromatic carbocycles. The number of likely N-dealkylation sites (tertiary alicyclic amines) is 1. The summed E-state index contributed by atoms with van der Waals surface area (Å²) < 4.78 is 5.03. The number of methoxy groups -OCH3 is 1. The highest BCUT2D eigenvalue weighted by atomic mass is 16.5. The van der Waals surface area contributed by atoms with Crippen molar-refractivity contribution in [3.63, 3.8) is 0 Å². The molecule has 0 aromatic heterocycles. The summed E-state index contributed by atoms with van der Waals surface area (Å²) in [6.07, 6.45) is 1.80. The molecule has 0 spiro atoms. The molecule has 1 aliphatic rings. The van der Waals surface area contributed by atoms with Crippen molar-refractivity contribution in [1.82, 2.24) is 10.2 Å². The standard InChI is InChI=1S/C11H22N2O2/c1-4-12-10-5-7-13(8-6-10)11(14)9(2)15-3/h9-10,12H,4-8H2,1-3H3. The van der Waals surface area contributed by atoms with Gasteiger partial charge in [-0.1, -0.05) is 6.92 Å². The number of piperidine rings is 1. The largest absolute Gasteiger partial charge is 0.372 e. The Morgan fingerprint density at radius 2 is 2.13 bits per heavy atom. The van der Waals surface area contributed by atoms with Gasteiger partial charge in [-0.15, -0.1) is 0 Å². The summed E-state index contributed by atoms with van der Waals surface area (Å²) in [7, 11) is 1.58. The number of rotatable bonds is 4. The molecule has 0 radical (unpaired) electrons. The van der Waals surface area contributed by atoms with Gasteiger partial charge in [0.25, 0.3) is 5.91 Å². The van der Waals surface area contributed by atoms with Crippen molar-refractivity contribution in [3.8, 4) is 0 Å². The first kappa shape index (κ1) is 12.5. The molecule has 1 amide bonds. The first-order chi connectivity index (χ1) is 7.19. The van der Waals surface area contributed by atoms with E-state index in [0.717, 1.165) is 32.5 Å². The second-order valence-electron chi connectivity index (χ2n) is 4.04. The van der Waals surface area contributed by atoms with Crippen LogP contribution in [0, 0.1) is 0 Å². The molecule has 0 saturated carbocycles. The number of hydrogen-bond acceptors (Lipinski definition) is 3. The highest BCUT2D eigenvalue weighted by Crippen LogP contribution is 2.11. The number of hydrogen-bond donors (Lipinski definition) is 1. The third-order valence-corrected chi connectivity index (χ3v) is 3.00. The van der Waals surface area contributed by atoms with Crippen molar-refractivity contribution >= 4 is 5.91 Å². The molecule has 1 unspecified atom stereocenters. The van der Waals surface area contributed by atoms with Crippen LogP contribution in [0.25, 0.3) is 0 Å². The molecule has 1 saturated heterocycles. The zero-order chi connectivity index (χ0) is 11.3. The van der Waals surface area contributed by atoms with Gasteiger partial charge in [-0.3, -0.25) is 4.79 Å². The van der Waals surface area contributed by atoms with E-state index in [1.54, 1.807) is 14.0 Å². The SMILES string of the molecule is CCNC1CCN(C(=O)C(C)OC)CC1. The predicted molar refractivity (Wildman–Crippen MR) is 59.7 cm³/mol. The first-order valence-corrected chi connectivity index (χ1v) is 5.74. The lowest BCUT2D eigenvalue weighted by atomic mass is 10.0. The molecular formula is C11H22N2O2. The van der Waals surface area contributed by atoms with Crippen LogP contribution in [-0.2, 0) is 9.53 Å². The van der Waals surface area contributed by atoms with E-state index in [0.29, 0.717) is 6.04 Å². The van der Waals surface area contributed by atoms with E-state index in [1.807, 2.05) is 4.90 Å². The van der Waals surface area contributed by atoms with Crippen molar-refractivity contribution in [2.24, 2.45) is 0 Å². The van der Waals surface area contributed by atoms with Gasteiger partial charge < -0.3 is 15.0 Å². The van der Waals surface area contributed by atoms with E-state index < -0.39 is 0 Å². The third kappa shape index (κ3) is 3.47. The zero-order valence-corrected chi connectivity index (χ0v) is 9.95. The average Bonchev–Trinajstić information content (AvgIpc) is 2.28. The van der Waals surface area contributed by atoms with E-state index in [1.165, 1.54) is 0 Å². The zero-order valence-electron chi connectivity index (χ0n) is 9.95. The van der Waals surface area contributed by atoms with Crippen molar-refractivity contribution in [3.05, 3.63) is 0 Å². The minimum Gasteiger partial charge on any atom is -0.372 e. The Kier molecular flexibility index (Phi) is 5.05. The summed E-state index contributed by atoms with van der Waals surface area (Å²) in [6, 6.07) is 0.580. The number of nitrogens with zero attached hydrogens (tertiary/aromatic N) is 1. The Hall–Kier alpha value is -0.610. The van der Waals surface area contributed by atoms with Gasteiger partial charge in [0.05, 0.1) is 0 Å². The minimum atomic E-state index is -0.305. The van der Waals surface area contributed by atoms with Gasteiger partial charge >= 0.3 is 0 Å². The molecule has 0 bridgehead atoms. The lowest BCUT2D eigenvalue weighted by Gasteiger charge is -2.33. The highest BCUT2D eigenvalue weighted by Gasteiger charge is 2.25. The molecule has 4 heteroatoms. The number of nitrogens with one attached hydrogen (secondary N) is 1. The fourth-order valence-corrected chi connectivity index (χ4v) is 1.95. The Labute approximate surface area is 92.0 Å². The maximum Gasteiger partial charge on any atom is 0.251 e. The van der Waals surface area contributed by atoms with Crippen LogP contribution < -0.4 is 5.32 Å². The van der Waals surface area contributed by atoms with Crippen LogP contribution in [0.15, 0.2) is 0 Å². The van der Waals surface area contributed by atoms with E-state index in [2.05, 4.69) is 12.2 Å². The summed E-state index contributed by atoms with van der Waals surface area (Å²) in [6.45, 7) is 6.63. The van der Waals surface area contributed by atoms with Crippen LogP contribution in [0.1, 0.15) is 26.7 Å². The van der Waals surface area contributed by atoms with E-state index in [4.69, 9.17) is 4.74 Å². The molecule has 1 heterocycles. The Bertz CT molecular complexity index is 201. The van der Waals surface area contributed by atoms with Crippen molar-refractivity contribution < 1.29 is 9.53 Å². The van der Waals surface area contributed by atoms with Gasteiger partial charge in [-0.25, -0.2) is 0 Å². The second kappa shape index (κ2) is 6.08. The highest BCUT2D eigenvalue weighted by molar-refractivity contribution is 5.80. The van der Waals surface area contributed by atoms with Crippen molar-refractivity contribution in [2.45, 2.75) is 38.8 Å². The normalized spacial score (nSPS) is 20.3. The van der Waals surface area contributed by atoms with E-state index in [-0.39, 0.29) is 12.0 Å².